The summed E-state index contributed by atoms with van der Waals surface area (Å²) in [5, 5.41) is 11.4. The van der Waals surface area contributed by atoms with Crippen molar-refractivity contribution in [1.82, 2.24) is 15.1 Å². The maximum atomic E-state index is 13.9. The van der Waals surface area contributed by atoms with Crippen molar-refractivity contribution >= 4 is 46.4 Å². The Morgan fingerprint density at radius 3 is 2.88 bits per heavy atom. The van der Waals surface area contributed by atoms with Gasteiger partial charge in [-0.1, -0.05) is 29.3 Å². The van der Waals surface area contributed by atoms with Crippen LogP contribution in [-0.4, -0.2) is 34.7 Å². The maximum absolute atomic E-state index is 13.9. The second kappa shape index (κ2) is 9.91. The van der Waals surface area contributed by atoms with Crippen LogP contribution in [-0.2, 0) is 11.3 Å². The van der Waals surface area contributed by atoms with Gasteiger partial charge in [0.1, 0.15) is 10.8 Å². The van der Waals surface area contributed by atoms with Crippen molar-refractivity contribution in [1.29, 1.82) is 0 Å². The Morgan fingerprint density at radius 2 is 2.16 bits per heavy atom. The largest absolute Gasteiger partial charge is 0.382 e. The number of ether oxygens (including phenoxy) is 1. The number of benzene rings is 1. The first-order valence-corrected chi connectivity index (χ1v) is 8.96. The summed E-state index contributed by atoms with van der Waals surface area (Å²) in [4.78, 5) is 0. The van der Waals surface area contributed by atoms with Crippen LogP contribution in [0.1, 0.15) is 18.9 Å². The number of halogens is 3. The third-order valence-corrected chi connectivity index (χ3v) is 4.16. The summed E-state index contributed by atoms with van der Waals surface area (Å²) >= 11 is 17.4. The first-order valence-electron chi connectivity index (χ1n) is 7.79. The van der Waals surface area contributed by atoms with Crippen LogP contribution in [0.5, 0.6) is 0 Å². The van der Waals surface area contributed by atoms with E-state index in [0.717, 1.165) is 6.42 Å². The highest BCUT2D eigenvalue weighted by molar-refractivity contribution is 7.80. The molecule has 0 saturated carbocycles. The van der Waals surface area contributed by atoms with E-state index in [2.05, 4.69) is 15.7 Å². The number of aromatic nitrogens is 2. The van der Waals surface area contributed by atoms with E-state index in [0.29, 0.717) is 46.3 Å². The summed E-state index contributed by atoms with van der Waals surface area (Å²) in [7, 11) is 0. The Hall–Kier alpha value is -1.41. The van der Waals surface area contributed by atoms with E-state index in [1.165, 1.54) is 10.7 Å². The molecule has 9 heteroatoms. The summed E-state index contributed by atoms with van der Waals surface area (Å²) in [5.74, 6) is 0.0107. The first-order chi connectivity index (χ1) is 12.0. The van der Waals surface area contributed by atoms with E-state index in [9.17, 15) is 4.39 Å². The number of nitrogens with zero attached hydrogens (tertiary/aromatic N) is 2. The fraction of sp³-hybridized carbons (Fsp3) is 0.375. The van der Waals surface area contributed by atoms with Crippen molar-refractivity contribution in [3.8, 4) is 0 Å². The van der Waals surface area contributed by atoms with E-state index in [-0.39, 0.29) is 12.4 Å². The Bertz CT molecular complexity index is 706. The molecule has 1 aromatic heterocycles. The molecule has 0 unspecified atom stereocenters. The molecule has 0 aliphatic rings. The van der Waals surface area contributed by atoms with Gasteiger partial charge in [-0.25, -0.2) is 4.39 Å². The zero-order valence-corrected chi connectivity index (χ0v) is 16.0. The average Bonchev–Trinajstić information content (AvgIpc) is 2.90. The van der Waals surface area contributed by atoms with Gasteiger partial charge in [-0.3, -0.25) is 4.68 Å². The van der Waals surface area contributed by atoms with Crippen molar-refractivity contribution in [2.75, 3.05) is 25.1 Å². The predicted octanol–water partition coefficient (Wildman–Crippen LogP) is 4.09. The molecule has 1 heterocycles. The molecule has 0 fully saturated rings. The SMILES string of the molecule is CCOCCCNC(=S)Nc1nn(Cc2c(F)cccc2Cl)cc1Cl. The number of nitrogens with one attached hydrogen (secondary N) is 2. The van der Waals surface area contributed by atoms with Gasteiger partial charge in [-0.15, -0.1) is 0 Å². The molecule has 2 N–H and O–H groups in total. The number of anilines is 1. The Kier molecular flexibility index (Phi) is 7.90. The molecule has 0 atom stereocenters. The summed E-state index contributed by atoms with van der Waals surface area (Å²) in [6.45, 7) is 4.16. The van der Waals surface area contributed by atoms with Gasteiger partial charge in [0.05, 0.1) is 6.54 Å². The molecule has 1 aromatic carbocycles. The van der Waals surface area contributed by atoms with Gasteiger partial charge < -0.3 is 15.4 Å². The molecule has 0 amide bonds. The van der Waals surface area contributed by atoms with Gasteiger partial charge in [-0.2, -0.15) is 5.10 Å². The molecule has 2 aromatic rings. The first kappa shape index (κ1) is 19.9. The Morgan fingerprint density at radius 1 is 1.36 bits per heavy atom. The highest BCUT2D eigenvalue weighted by atomic mass is 35.5. The monoisotopic (exact) mass is 404 g/mol. The maximum Gasteiger partial charge on any atom is 0.173 e. The zero-order chi connectivity index (χ0) is 18.2. The average molecular weight is 405 g/mol. The lowest BCUT2D eigenvalue weighted by Crippen LogP contribution is -2.30. The lowest BCUT2D eigenvalue weighted by atomic mass is 10.2. The molecule has 0 aliphatic heterocycles. The molecule has 0 spiro atoms. The molecule has 0 saturated heterocycles. The molecular formula is C16H19Cl2FN4OS. The van der Waals surface area contributed by atoms with Crippen LogP contribution in [0.4, 0.5) is 10.2 Å². The Balaban J connectivity index is 1.92. The topological polar surface area (TPSA) is 51.1 Å². The predicted molar refractivity (Wildman–Crippen MR) is 103 cm³/mol. The molecule has 136 valence electrons. The minimum Gasteiger partial charge on any atom is -0.382 e. The molecule has 2 rings (SSSR count). The van der Waals surface area contributed by atoms with Crippen LogP contribution in [0.3, 0.4) is 0 Å². The number of rotatable bonds is 8. The fourth-order valence-electron chi connectivity index (χ4n) is 2.08. The van der Waals surface area contributed by atoms with Crippen LogP contribution in [0.2, 0.25) is 10.0 Å². The molecule has 0 aliphatic carbocycles. The quantitative estimate of drug-likeness (QED) is 0.512. The number of thiocarbonyl (C=S) groups is 1. The van der Waals surface area contributed by atoms with E-state index < -0.39 is 0 Å². The number of hydrogen-bond donors (Lipinski definition) is 2. The molecular weight excluding hydrogens is 386 g/mol. The van der Waals surface area contributed by atoms with E-state index >= 15 is 0 Å². The van der Waals surface area contributed by atoms with Crippen LogP contribution in [0.25, 0.3) is 0 Å². The van der Waals surface area contributed by atoms with E-state index in [4.69, 9.17) is 40.2 Å². The van der Waals surface area contributed by atoms with Gasteiger partial charge in [0, 0.05) is 36.5 Å². The zero-order valence-electron chi connectivity index (χ0n) is 13.7. The van der Waals surface area contributed by atoms with Crippen molar-refractivity contribution in [3.05, 3.63) is 45.8 Å². The third kappa shape index (κ3) is 6.11. The lowest BCUT2D eigenvalue weighted by Gasteiger charge is -2.09. The van der Waals surface area contributed by atoms with Crippen LogP contribution in [0, 0.1) is 5.82 Å². The molecule has 25 heavy (non-hydrogen) atoms. The minimum atomic E-state index is -0.389. The Labute approximate surface area is 161 Å². The van der Waals surface area contributed by atoms with Gasteiger partial charge >= 0.3 is 0 Å². The van der Waals surface area contributed by atoms with E-state index in [1.54, 1.807) is 18.3 Å². The van der Waals surface area contributed by atoms with Crippen molar-refractivity contribution in [2.45, 2.75) is 19.9 Å². The van der Waals surface area contributed by atoms with Crippen molar-refractivity contribution in [2.24, 2.45) is 0 Å². The van der Waals surface area contributed by atoms with Gasteiger partial charge in [0.25, 0.3) is 0 Å². The molecule has 0 bridgehead atoms. The van der Waals surface area contributed by atoms with Crippen LogP contribution in [0.15, 0.2) is 24.4 Å². The summed E-state index contributed by atoms with van der Waals surface area (Å²) in [6, 6.07) is 4.54. The standard InChI is InChI=1S/C16H19Cl2FN4OS/c1-2-24-8-4-7-20-16(25)21-15-13(18)10-23(22-15)9-11-12(17)5-3-6-14(11)19/h3,5-6,10H,2,4,7-9H2,1H3,(H2,20,21,22,25). The lowest BCUT2D eigenvalue weighted by molar-refractivity contribution is 0.146. The minimum absolute atomic E-state index is 0.168. The number of hydrogen-bond acceptors (Lipinski definition) is 3. The van der Waals surface area contributed by atoms with Gasteiger partial charge in [-0.05, 0) is 37.7 Å². The molecule has 0 radical (unpaired) electrons. The van der Waals surface area contributed by atoms with Crippen LogP contribution >= 0.6 is 35.4 Å². The fourth-order valence-corrected chi connectivity index (χ4v) is 2.70. The van der Waals surface area contributed by atoms with E-state index in [1.807, 2.05) is 6.92 Å². The van der Waals surface area contributed by atoms with Crippen molar-refractivity contribution < 1.29 is 9.13 Å². The van der Waals surface area contributed by atoms with Crippen LogP contribution < -0.4 is 10.6 Å². The van der Waals surface area contributed by atoms with Gasteiger partial charge in [0.2, 0.25) is 0 Å². The normalized spacial score (nSPS) is 10.7. The van der Waals surface area contributed by atoms with Gasteiger partial charge in [0.15, 0.2) is 10.9 Å². The van der Waals surface area contributed by atoms with Crippen molar-refractivity contribution in [3.63, 3.8) is 0 Å². The third-order valence-electron chi connectivity index (χ3n) is 3.29. The highest BCUT2D eigenvalue weighted by Gasteiger charge is 2.12. The second-order valence-electron chi connectivity index (χ2n) is 5.15. The highest BCUT2D eigenvalue weighted by Crippen LogP contribution is 2.23. The summed E-state index contributed by atoms with van der Waals surface area (Å²) < 4.78 is 20.6. The summed E-state index contributed by atoms with van der Waals surface area (Å²) in [5.41, 5.74) is 0.353. The smallest absolute Gasteiger partial charge is 0.173 e. The molecule has 5 nitrogen and oxygen atoms in total. The second-order valence-corrected chi connectivity index (χ2v) is 6.38. The summed E-state index contributed by atoms with van der Waals surface area (Å²) in [6.07, 6.45) is 2.42.